The van der Waals surface area contributed by atoms with Crippen molar-refractivity contribution in [2.45, 2.75) is 6.92 Å². The molecule has 0 saturated heterocycles. The Morgan fingerprint density at radius 1 is 1.00 bits per heavy atom. The second-order valence-electron chi connectivity index (χ2n) is 3.13. The number of halogens is 1. The minimum absolute atomic E-state index is 0.429. The van der Waals surface area contributed by atoms with Crippen LogP contribution in [0.1, 0.15) is 5.69 Å². The second kappa shape index (κ2) is 3.58. The Labute approximate surface area is 82.2 Å². The van der Waals surface area contributed by atoms with E-state index in [4.69, 9.17) is 0 Å². The second-order valence-corrected chi connectivity index (χ2v) is 3.13. The third-order valence-corrected chi connectivity index (χ3v) is 2.14. The van der Waals surface area contributed by atoms with Crippen LogP contribution in [0, 0.1) is 12.9 Å². The molecule has 0 aliphatic rings. The van der Waals surface area contributed by atoms with Gasteiger partial charge in [-0.25, -0.2) is 4.98 Å². The molecule has 0 fully saturated rings. The van der Waals surface area contributed by atoms with Gasteiger partial charge < -0.3 is 0 Å². The molecule has 70 valence electrons. The van der Waals surface area contributed by atoms with E-state index in [0.717, 1.165) is 16.8 Å². The lowest BCUT2D eigenvalue weighted by atomic mass is 10.1. The van der Waals surface area contributed by atoms with E-state index in [0.29, 0.717) is 0 Å². The average molecular weight is 187 g/mol. The number of aryl methyl sites for hydroxylation is 1. The molecule has 0 aliphatic carbocycles. The molecular weight excluding hydrogens is 177 g/mol. The molecule has 1 aromatic carbocycles. The summed E-state index contributed by atoms with van der Waals surface area (Å²) in [4.78, 5) is 3.78. The van der Waals surface area contributed by atoms with Crippen molar-refractivity contribution in [2.75, 3.05) is 0 Å². The number of aromatic nitrogens is 1. The molecule has 2 rings (SSSR count). The summed E-state index contributed by atoms with van der Waals surface area (Å²) in [5.41, 5.74) is 2.76. The first kappa shape index (κ1) is 8.88. The van der Waals surface area contributed by atoms with E-state index in [1.54, 1.807) is 6.07 Å². The van der Waals surface area contributed by atoms with Crippen molar-refractivity contribution >= 4 is 0 Å². The van der Waals surface area contributed by atoms with Crippen LogP contribution in [-0.2, 0) is 0 Å². The van der Waals surface area contributed by atoms with Crippen LogP contribution >= 0.6 is 0 Å². The molecule has 14 heavy (non-hydrogen) atoms. The fourth-order valence-corrected chi connectivity index (χ4v) is 1.45. The third-order valence-electron chi connectivity index (χ3n) is 2.14. The van der Waals surface area contributed by atoms with Crippen LogP contribution in [-0.4, -0.2) is 4.98 Å². The lowest BCUT2D eigenvalue weighted by Crippen LogP contribution is -1.90. The van der Waals surface area contributed by atoms with Crippen molar-refractivity contribution in [1.82, 2.24) is 4.98 Å². The quantitative estimate of drug-likeness (QED) is 0.625. The predicted molar refractivity (Wildman–Crippen MR) is 54.4 cm³/mol. The summed E-state index contributed by atoms with van der Waals surface area (Å²) in [6, 6.07) is 13.0. The highest BCUT2D eigenvalue weighted by molar-refractivity contribution is 5.65. The van der Waals surface area contributed by atoms with Crippen LogP contribution in [0.3, 0.4) is 0 Å². The van der Waals surface area contributed by atoms with Crippen molar-refractivity contribution in [3.8, 4) is 11.1 Å². The van der Waals surface area contributed by atoms with E-state index in [2.05, 4.69) is 4.98 Å². The monoisotopic (exact) mass is 187 g/mol. The zero-order chi connectivity index (χ0) is 9.97. The average Bonchev–Trinajstić information content (AvgIpc) is 2.19. The molecule has 0 N–H and O–H groups in total. The minimum atomic E-state index is -0.429. The van der Waals surface area contributed by atoms with Crippen LogP contribution in [0.5, 0.6) is 0 Å². The van der Waals surface area contributed by atoms with Gasteiger partial charge in [0.2, 0.25) is 5.95 Å². The number of nitrogens with zero attached hydrogens (tertiary/aromatic N) is 1. The van der Waals surface area contributed by atoms with Crippen molar-refractivity contribution in [2.24, 2.45) is 0 Å². The van der Waals surface area contributed by atoms with Crippen LogP contribution in [0.25, 0.3) is 11.1 Å². The first-order valence-electron chi connectivity index (χ1n) is 4.46. The normalized spacial score (nSPS) is 10.1. The third kappa shape index (κ3) is 1.64. The standard InChI is InChI=1S/C12H10FN/c1-9-11(7-8-12(13)14-9)10-5-3-2-4-6-10/h2-8H,1H3. The van der Waals surface area contributed by atoms with Crippen LogP contribution < -0.4 is 0 Å². The molecule has 0 atom stereocenters. The number of benzene rings is 1. The summed E-state index contributed by atoms with van der Waals surface area (Å²) in [5.74, 6) is -0.429. The maximum absolute atomic E-state index is 12.8. The lowest BCUT2D eigenvalue weighted by Gasteiger charge is -2.04. The van der Waals surface area contributed by atoms with Gasteiger partial charge in [0.25, 0.3) is 0 Å². The first-order chi connectivity index (χ1) is 6.77. The highest BCUT2D eigenvalue weighted by Gasteiger charge is 2.02. The van der Waals surface area contributed by atoms with Gasteiger partial charge in [-0.2, -0.15) is 4.39 Å². The van der Waals surface area contributed by atoms with Crippen LogP contribution in [0.15, 0.2) is 42.5 Å². The highest BCUT2D eigenvalue weighted by Crippen LogP contribution is 2.21. The topological polar surface area (TPSA) is 12.9 Å². The molecule has 0 bridgehead atoms. The Morgan fingerprint density at radius 2 is 1.71 bits per heavy atom. The molecule has 1 heterocycles. The van der Waals surface area contributed by atoms with Gasteiger partial charge in [-0.1, -0.05) is 30.3 Å². The van der Waals surface area contributed by atoms with Crippen LogP contribution in [0.4, 0.5) is 4.39 Å². The minimum Gasteiger partial charge on any atom is -0.224 e. The van der Waals surface area contributed by atoms with Gasteiger partial charge in [0.05, 0.1) is 0 Å². The number of pyridine rings is 1. The number of hydrogen-bond donors (Lipinski definition) is 0. The van der Waals surface area contributed by atoms with Crippen molar-refractivity contribution < 1.29 is 4.39 Å². The summed E-state index contributed by atoms with van der Waals surface area (Å²) in [6.45, 7) is 1.81. The molecule has 0 amide bonds. The fourth-order valence-electron chi connectivity index (χ4n) is 1.45. The molecule has 2 aromatic rings. The van der Waals surface area contributed by atoms with Gasteiger partial charge in [0.15, 0.2) is 0 Å². The molecule has 0 radical (unpaired) electrons. The summed E-state index contributed by atoms with van der Waals surface area (Å²) in [6.07, 6.45) is 0. The Morgan fingerprint density at radius 3 is 2.36 bits per heavy atom. The van der Waals surface area contributed by atoms with Gasteiger partial charge in [-0.15, -0.1) is 0 Å². The molecular formula is C12H10FN. The molecule has 0 saturated carbocycles. The Balaban J connectivity index is 2.53. The van der Waals surface area contributed by atoms with E-state index < -0.39 is 5.95 Å². The smallest absolute Gasteiger partial charge is 0.213 e. The van der Waals surface area contributed by atoms with Gasteiger partial charge in [-0.05, 0) is 24.6 Å². The molecule has 0 spiro atoms. The zero-order valence-corrected chi connectivity index (χ0v) is 7.87. The molecule has 0 aliphatic heterocycles. The first-order valence-corrected chi connectivity index (χ1v) is 4.46. The maximum Gasteiger partial charge on any atom is 0.213 e. The lowest BCUT2D eigenvalue weighted by molar-refractivity contribution is 0.580. The summed E-state index contributed by atoms with van der Waals surface area (Å²) in [5, 5.41) is 0. The van der Waals surface area contributed by atoms with Crippen molar-refractivity contribution in [1.29, 1.82) is 0 Å². The SMILES string of the molecule is Cc1nc(F)ccc1-c1ccccc1. The molecule has 2 heteroatoms. The molecule has 0 unspecified atom stereocenters. The number of hydrogen-bond acceptors (Lipinski definition) is 1. The van der Waals surface area contributed by atoms with Gasteiger partial charge in [-0.3, -0.25) is 0 Å². The zero-order valence-electron chi connectivity index (χ0n) is 7.87. The van der Waals surface area contributed by atoms with E-state index in [9.17, 15) is 4.39 Å². The largest absolute Gasteiger partial charge is 0.224 e. The van der Waals surface area contributed by atoms with E-state index in [1.165, 1.54) is 6.07 Å². The highest BCUT2D eigenvalue weighted by atomic mass is 19.1. The predicted octanol–water partition coefficient (Wildman–Crippen LogP) is 3.20. The van der Waals surface area contributed by atoms with Gasteiger partial charge in [0, 0.05) is 11.3 Å². The van der Waals surface area contributed by atoms with Gasteiger partial charge >= 0.3 is 0 Å². The Hall–Kier alpha value is -1.70. The van der Waals surface area contributed by atoms with Crippen molar-refractivity contribution in [3.05, 3.63) is 54.1 Å². The molecule has 1 nitrogen and oxygen atoms in total. The van der Waals surface area contributed by atoms with E-state index in [1.807, 2.05) is 37.3 Å². The van der Waals surface area contributed by atoms with Crippen LogP contribution in [0.2, 0.25) is 0 Å². The molecule has 1 aromatic heterocycles. The van der Waals surface area contributed by atoms with E-state index in [-0.39, 0.29) is 0 Å². The summed E-state index contributed by atoms with van der Waals surface area (Å²) < 4.78 is 12.8. The number of rotatable bonds is 1. The summed E-state index contributed by atoms with van der Waals surface area (Å²) >= 11 is 0. The van der Waals surface area contributed by atoms with Crippen molar-refractivity contribution in [3.63, 3.8) is 0 Å². The van der Waals surface area contributed by atoms with E-state index >= 15 is 0 Å². The fraction of sp³-hybridized carbons (Fsp3) is 0.0833. The van der Waals surface area contributed by atoms with Gasteiger partial charge in [0.1, 0.15) is 0 Å². The Bertz CT molecular complexity index is 437. The summed E-state index contributed by atoms with van der Waals surface area (Å²) in [7, 11) is 0. The Kier molecular flexibility index (Phi) is 2.27. The maximum atomic E-state index is 12.8.